The molecule has 1 saturated heterocycles. The number of carbonyl (C=O) groups excluding carboxylic acids is 2. The molecule has 10 nitrogen and oxygen atoms in total. The third-order valence-corrected chi connectivity index (χ3v) is 6.55. The molecule has 1 aliphatic heterocycles. The summed E-state index contributed by atoms with van der Waals surface area (Å²) < 4.78 is 0. The summed E-state index contributed by atoms with van der Waals surface area (Å²) in [5, 5.41) is 50.0. The summed E-state index contributed by atoms with van der Waals surface area (Å²) in [6.45, 7) is 6.94. The quantitative estimate of drug-likeness (QED) is 0.259. The van der Waals surface area contributed by atoms with Gasteiger partial charge in [-0.3, -0.25) is 25.3 Å². The number of benzene rings is 2. The van der Waals surface area contributed by atoms with Gasteiger partial charge in [0.05, 0.1) is 5.56 Å². The summed E-state index contributed by atoms with van der Waals surface area (Å²) in [5.74, 6) is -2.09. The Bertz CT molecular complexity index is 1170. The number of hydrogen-bond donors (Lipinski definition) is 6. The van der Waals surface area contributed by atoms with Crippen molar-refractivity contribution in [1.82, 2.24) is 10.2 Å². The molecule has 10 heteroatoms. The Balaban J connectivity index is 1.95. The van der Waals surface area contributed by atoms with E-state index < -0.39 is 11.7 Å². The fraction of sp³-hybridized carbons (Fsp3) is 0.407. The predicted octanol–water partition coefficient (Wildman–Crippen LogP) is 3.01. The van der Waals surface area contributed by atoms with Crippen molar-refractivity contribution >= 4 is 29.2 Å². The van der Waals surface area contributed by atoms with Gasteiger partial charge in [0.15, 0.2) is 5.84 Å². The fourth-order valence-electron chi connectivity index (χ4n) is 4.34. The molecule has 1 fully saturated rings. The standard InChI is InChI=1S/C27H35N5O5/c1-4-30-26(36)25(29)32(24(28)21-13-20(16(2)3)22(34)14-23(21)35)19-7-5-18(6-8-19)27(37)31-11-9-17(15-33)10-12-31/h5-8,13-14,16-17,28-29,33-35H,4,9-12,15H2,1-3H3,(H,30,36). The summed E-state index contributed by atoms with van der Waals surface area (Å²) >= 11 is 0. The van der Waals surface area contributed by atoms with Crippen LogP contribution in [0.5, 0.6) is 11.5 Å². The van der Waals surface area contributed by atoms with Crippen LogP contribution in [0.25, 0.3) is 0 Å². The topological polar surface area (TPSA) is 161 Å². The lowest BCUT2D eigenvalue weighted by molar-refractivity contribution is -0.114. The smallest absolute Gasteiger partial charge is 0.287 e. The summed E-state index contributed by atoms with van der Waals surface area (Å²) in [4.78, 5) is 28.4. The van der Waals surface area contributed by atoms with Gasteiger partial charge in [0.1, 0.15) is 17.3 Å². The van der Waals surface area contributed by atoms with Gasteiger partial charge in [0.2, 0.25) is 0 Å². The largest absolute Gasteiger partial charge is 0.508 e. The zero-order chi connectivity index (χ0) is 27.3. The van der Waals surface area contributed by atoms with Crippen LogP contribution in [0.2, 0.25) is 0 Å². The minimum absolute atomic E-state index is 0.0439. The normalized spacial score (nSPS) is 13.9. The second kappa shape index (κ2) is 11.9. The van der Waals surface area contributed by atoms with Gasteiger partial charge in [0, 0.05) is 43.6 Å². The van der Waals surface area contributed by atoms with E-state index in [-0.39, 0.29) is 59.5 Å². The molecule has 1 heterocycles. The van der Waals surface area contributed by atoms with E-state index >= 15 is 0 Å². The summed E-state index contributed by atoms with van der Waals surface area (Å²) in [6, 6.07) is 8.89. The molecule has 0 unspecified atom stereocenters. The maximum Gasteiger partial charge on any atom is 0.287 e. The highest BCUT2D eigenvalue weighted by Crippen LogP contribution is 2.34. The van der Waals surface area contributed by atoms with E-state index in [2.05, 4.69) is 5.32 Å². The zero-order valence-electron chi connectivity index (χ0n) is 21.4. The van der Waals surface area contributed by atoms with E-state index in [1.807, 2.05) is 13.8 Å². The Morgan fingerprint density at radius 3 is 2.24 bits per heavy atom. The molecule has 0 spiro atoms. The van der Waals surface area contributed by atoms with Crippen molar-refractivity contribution in [3.63, 3.8) is 0 Å². The maximum atomic E-state index is 13.0. The number of aliphatic hydroxyl groups is 1. The van der Waals surface area contributed by atoms with E-state index in [0.717, 1.165) is 23.8 Å². The molecule has 0 bridgehead atoms. The number of anilines is 1. The van der Waals surface area contributed by atoms with Crippen LogP contribution in [-0.4, -0.2) is 69.9 Å². The third kappa shape index (κ3) is 6.08. The first-order chi connectivity index (χ1) is 17.6. The molecule has 0 atom stereocenters. The Kier molecular flexibility index (Phi) is 8.88. The van der Waals surface area contributed by atoms with Crippen LogP contribution >= 0.6 is 0 Å². The molecule has 0 radical (unpaired) electrons. The van der Waals surface area contributed by atoms with Gasteiger partial charge in [-0.05, 0) is 67.5 Å². The Hall–Kier alpha value is -3.92. The molecule has 0 aromatic heterocycles. The second-order valence-corrected chi connectivity index (χ2v) is 9.44. The van der Waals surface area contributed by atoms with Crippen LogP contribution in [0.4, 0.5) is 5.69 Å². The van der Waals surface area contributed by atoms with Crippen molar-refractivity contribution in [2.24, 2.45) is 5.92 Å². The van der Waals surface area contributed by atoms with E-state index in [1.165, 1.54) is 6.07 Å². The zero-order valence-corrected chi connectivity index (χ0v) is 21.4. The Morgan fingerprint density at radius 1 is 1.08 bits per heavy atom. The average Bonchev–Trinajstić information content (AvgIpc) is 2.88. The van der Waals surface area contributed by atoms with Gasteiger partial charge in [-0.2, -0.15) is 0 Å². The number of hydrogen-bond acceptors (Lipinski definition) is 7. The van der Waals surface area contributed by atoms with Crippen molar-refractivity contribution < 1.29 is 24.9 Å². The number of piperidine rings is 1. The van der Waals surface area contributed by atoms with E-state index in [4.69, 9.17) is 10.8 Å². The molecule has 0 aliphatic carbocycles. The Labute approximate surface area is 216 Å². The van der Waals surface area contributed by atoms with Gasteiger partial charge in [-0.1, -0.05) is 13.8 Å². The molecular formula is C27H35N5O5. The highest BCUT2D eigenvalue weighted by molar-refractivity contribution is 6.48. The first-order valence-electron chi connectivity index (χ1n) is 12.4. The van der Waals surface area contributed by atoms with Gasteiger partial charge >= 0.3 is 0 Å². The summed E-state index contributed by atoms with van der Waals surface area (Å²) in [5.41, 5.74) is 1.27. The first kappa shape index (κ1) is 27.7. The number of aromatic hydroxyl groups is 2. The fourth-order valence-corrected chi connectivity index (χ4v) is 4.34. The van der Waals surface area contributed by atoms with Crippen LogP contribution in [0.1, 0.15) is 61.0 Å². The Morgan fingerprint density at radius 2 is 1.70 bits per heavy atom. The van der Waals surface area contributed by atoms with Crippen LogP contribution in [0, 0.1) is 16.7 Å². The van der Waals surface area contributed by atoms with Gasteiger partial charge in [-0.15, -0.1) is 0 Å². The van der Waals surface area contributed by atoms with E-state index in [9.17, 15) is 24.9 Å². The number of carbonyl (C=O) groups is 2. The number of rotatable bonds is 6. The maximum absolute atomic E-state index is 13.0. The number of likely N-dealkylation sites (tertiary alicyclic amines) is 1. The molecule has 2 aromatic rings. The number of likely N-dealkylation sites (N-methyl/N-ethyl adjacent to an activating group) is 1. The molecule has 0 saturated carbocycles. The molecule has 3 rings (SSSR count). The highest BCUT2D eigenvalue weighted by Gasteiger charge is 2.28. The number of amides is 2. The molecule has 1 aliphatic rings. The number of nitrogens with one attached hydrogen (secondary N) is 3. The SMILES string of the molecule is CCNC(=O)C(=N)N(C(=N)c1cc(C(C)C)c(O)cc1O)c1ccc(C(=O)N2CCC(CO)CC2)cc1. The molecule has 6 N–H and O–H groups in total. The number of aliphatic hydroxyl groups excluding tert-OH is 1. The summed E-state index contributed by atoms with van der Waals surface area (Å²) in [6.07, 6.45) is 1.48. The van der Waals surface area contributed by atoms with Crippen molar-refractivity contribution in [2.75, 3.05) is 31.1 Å². The lowest BCUT2D eigenvalue weighted by Gasteiger charge is -2.31. The predicted molar refractivity (Wildman–Crippen MR) is 142 cm³/mol. The third-order valence-electron chi connectivity index (χ3n) is 6.55. The molecule has 2 amide bonds. The van der Waals surface area contributed by atoms with Crippen LogP contribution in [-0.2, 0) is 4.79 Å². The minimum Gasteiger partial charge on any atom is -0.508 e. The molecule has 37 heavy (non-hydrogen) atoms. The molecule has 2 aromatic carbocycles. The molecule has 198 valence electrons. The lowest BCUT2D eigenvalue weighted by atomic mass is 9.97. The van der Waals surface area contributed by atoms with Crippen molar-refractivity contribution in [1.29, 1.82) is 10.8 Å². The number of amidine groups is 2. The lowest BCUT2D eigenvalue weighted by Crippen LogP contribution is -2.46. The minimum atomic E-state index is -0.707. The highest BCUT2D eigenvalue weighted by atomic mass is 16.3. The number of phenolic OH excluding ortho intramolecular Hbond substituents is 2. The van der Waals surface area contributed by atoms with Gasteiger partial charge in [0.25, 0.3) is 11.8 Å². The number of nitrogens with zero attached hydrogens (tertiary/aromatic N) is 2. The monoisotopic (exact) mass is 509 g/mol. The second-order valence-electron chi connectivity index (χ2n) is 9.44. The average molecular weight is 510 g/mol. The first-order valence-corrected chi connectivity index (χ1v) is 12.4. The number of phenols is 2. The van der Waals surface area contributed by atoms with Crippen molar-refractivity contribution in [3.05, 3.63) is 53.1 Å². The van der Waals surface area contributed by atoms with Crippen molar-refractivity contribution in [2.45, 2.75) is 39.5 Å². The van der Waals surface area contributed by atoms with Crippen molar-refractivity contribution in [3.8, 4) is 11.5 Å². The van der Waals surface area contributed by atoms with E-state index in [1.54, 1.807) is 36.1 Å². The summed E-state index contributed by atoms with van der Waals surface area (Å²) in [7, 11) is 0. The van der Waals surface area contributed by atoms with Gasteiger partial charge < -0.3 is 25.5 Å². The molecular weight excluding hydrogens is 474 g/mol. The van der Waals surface area contributed by atoms with Crippen LogP contribution < -0.4 is 10.2 Å². The van der Waals surface area contributed by atoms with Crippen LogP contribution in [0.3, 0.4) is 0 Å². The van der Waals surface area contributed by atoms with Crippen LogP contribution in [0.15, 0.2) is 36.4 Å². The van der Waals surface area contributed by atoms with E-state index in [0.29, 0.717) is 24.2 Å². The van der Waals surface area contributed by atoms with Gasteiger partial charge in [-0.25, -0.2) is 0 Å².